The van der Waals surface area contributed by atoms with Crippen LogP contribution in [0, 0.1) is 0 Å². The van der Waals surface area contributed by atoms with Crippen molar-refractivity contribution in [3.05, 3.63) is 0 Å². The van der Waals surface area contributed by atoms with Gasteiger partial charge >= 0.3 is 0 Å². The predicted molar refractivity (Wildman–Crippen MR) is 53.2 cm³/mol. The van der Waals surface area contributed by atoms with Crippen LogP contribution in [0.15, 0.2) is 0 Å². The van der Waals surface area contributed by atoms with Gasteiger partial charge in [-0.2, -0.15) is 0 Å². The largest absolute Gasteiger partial charge is 0.258 e. The van der Waals surface area contributed by atoms with Crippen molar-refractivity contribution < 1.29 is 0 Å². The first-order chi connectivity index (χ1) is 4.99. The SMILES string of the molecule is CN(C)P1(=S)N(C)CCN1C. The molecule has 0 aromatic heterocycles. The summed E-state index contributed by atoms with van der Waals surface area (Å²) in [6.45, 7) is 0.716. The molecule has 1 aliphatic rings. The molecule has 0 bridgehead atoms. The molecular weight excluding hydrogens is 177 g/mol. The van der Waals surface area contributed by atoms with Crippen LogP contribution in [-0.4, -0.2) is 55.3 Å². The fourth-order valence-corrected chi connectivity index (χ4v) is 4.35. The highest BCUT2D eigenvalue weighted by molar-refractivity contribution is 8.11. The summed E-state index contributed by atoms with van der Waals surface area (Å²) in [5.41, 5.74) is 0. The Morgan fingerprint density at radius 1 is 1.18 bits per heavy atom. The summed E-state index contributed by atoms with van der Waals surface area (Å²) in [6.07, 6.45) is 0. The predicted octanol–water partition coefficient (Wildman–Crippen LogP) is 0.650. The van der Waals surface area contributed by atoms with Gasteiger partial charge in [0.1, 0.15) is 6.49 Å². The quantitative estimate of drug-likeness (QED) is 0.565. The Labute approximate surface area is 74.1 Å². The van der Waals surface area contributed by atoms with Gasteiger partial charge in [-0.05, 0) is 40.0 Å². The van der Waals surface area contributed by atoms with Crippen LogP contribution in [0.3, 0.4) is 0 Å². The third-order valence-corrected chi connectivity index (χ3v) is 8.03. The molecule has 0 unspecified atom stereocenters. The summed E-state index contributed by atoms with van der Waals surface area (Å²) in [7, 11) is 8.37. The van der Waals surface area contributed by atoms with E-state index in [1.54, 1.807) is 0 Å². The van der Waals surface area contributed by atoms with Crippen LogP contribution in [0.25, 0.3) is 0 Å². The van der Waals surface area contributed by atoms with Crippen molar-refractivity contribution in [2.75, 3.05) is 41.3 Å². The number of rotatable bonds is 1. The van der Waals surface area contributed by atoms with Gasteiger partial charge < -0.3 is 0 Å². The maximum atomic E-state index is 5.62. The maximum Gasteiger partial charge on any atom is 0.144 e. The monoisotopic (exact) mass is 193 g/mol. The average Bonchev–Trinajstić information content (AvgIpc) is 2.18. The molecule has 11 heavy (non-hydrogen) atoms. The van der Waals surface area contributed by atoms with E-state index in [-0.39, 0.29) is 0 Å². The van der Waals surface area contributed by atoms with Gasteiger partial charge in [0.05, 0.1) is 0 Å². The highest BCUT2D eigenvalue weighted by Crippen LogP contribution is 2.56. The van der Waals surface area contributed by atoms with Gasteiger partial charge in [0, 0.05) is 13.1 Å². The lowest BCUT2D eigenvalue weighted by atomic mass is 10.6. The van der Waals surface area contributed by atoms with E-state index in [0.29, 0.717) is 0 Å². The molecule has 1 saturated heterocycles. The number of likely N-dealkylation sites (N-methyl/N-ethyl adjacent to an activating group) is 2. The summed E-state index contributed by atoms with van der Waals surface area (Å²) in [5.74, 6) is 0. The molecule has 0 atom stereocenters. The van der Waals surface area contributed by atoms with Gasteiger partial charge in [0.2, 0.25) is 0 Å². The van der Waals surface area contributed by atoms with Crippen LogP contribution in [0.4, 0.5) is 0 Å². The summed E-state index contributed by atoms with van der Waals surface area (Å²) >= 11 is 5.62. The van der Waals surface area contributed by atoms with E-state index in [1.807, 2.05) is 0 Å². The molecule has 1 rings (SSSR count). The Morgan fingerprint density at radius 2 is 1.55 bits per heavy atom. The first-order valence-electron chi connectivity index (χ1n) is 3.70. The average molecular weight is 193 g/mol. The Balaban J connectivity index is 2.90. The molecule has 0 amide bonds. The molecule has 0 saturated carbocycles. The summed E-state index contributed by atoms with van der Waals surface area (Å²) in [6, 6.07) is 0. The third kappa shape index (κ3) is 1.38. The third-order valence-electron chi connectivity index (χ3n) is 2.16. The minimum Gasteiger partial charge on any atom is -0.258 e. The maximum absolute atomic E-state index is 5.62. The van der Waals surface area contributed by atoms with Crippen molar-refractivity contribution in [3.8, 4) is 0 Å². The van der Waals surface area contributed by atoms with E-state index < -0.39 is 6.49 Å². The zero-order valence-electron chi connectivity index (χ0n) is 7.61. The van der Waals surface area contributed by atoms with Crippen LogP contribution in [-0.2, 0) is 11.8 Å². The van der Waals surface area contributed by atoms with Gasteiger partial charge in [-0.3, -0.25) is 14.0 Å². The molecule has 5 heteroatoms. The standard InChI is InChI=1S/C6H16N3PS/c1-7(2)10(11)8(3)5-6-9(10)4/h5-6H2,1-4H3. The molecule has 0 aliphatic carbocycles. The normalized spacial score (nSPS) is 26.6. The Morgan fingerprint density at radius 3 is 1.73 bits per heavy atom. The van der Waals surface area contributed by atoms with E-state index >= 15 is 0 Å². The molecule has 1 aliphatic heterocycles. The second-order valence-corrected chi connectivity index (χ2v) is 7.78. The van der Waals surface area contributed by atoms with Crippen LogP contribution in [0.2, 0.25) is 0 Å². The molecule has 1 heterocycles. The summed E-state index contributed by atoms with van der Waals surface area (Å²) in [4.78, 5) is 0. The molecular formula is C6H16N3PS. The molecule has 0 spiro atoms. The fourth-order valence-electron chi connectivity index (χ4n) is 1.42. The van der Waals surface area contributed by atoms with Crippen molar-refractivity contribution in [1.29, 1.82) is 0 Å². The summed E-state index contributed by atoms with van der Waals surface area (Å²) in [5, 5.41) is 0. The van der Waals surface area contributed by atoms with Gasteiger partial charge in [-0.15, -0.1) is 0 Å². The van der Waals surface area contributed by atoms with E-state index in [2.05, 4.69) is 42.2 Å². The van der Waals surface area contributed by atoms with Gasteiger partial charge in [-0.1, -0.05) is 0 Å². The van der Waals surface area contributed by atoms with E-state index in [1.165, 1.54) is 0 Å². The lowest BCUT2D eigenvalue weighted by Gasteiger charge is -2.34. The van der Waals surface area contributed by atoms with Gasteiger partial charge in [-0.25, -0.2) is 0 Å². The van der Waals surface area contributed by atoms with Crippen molar-refractivity contribution >= 4 is 18.3 Å². The van der Waals surface area contributed by atoms with Gasteiger partial charge in [0.25, 0.3) is 0 Å². The first-order valence-corrected chi connectivity index (χ1v) is 6.36. The second kappa shape index (κ2) is 3.11. The number of hydrogen-bond acceptors (Lipinski definition) is 1. The zero-order chi connectivity index (χ0) is 8.65. The van der Waals surface area contributed by atoms with Crippen LogP contribution < -0.4 is 0 Å². The van der Waals surface area contributed by atoms with Crippen molar-refractivity contribution in [2.45, 2.75) is 0 Å². The van der Waals surface area contributed by atoms with E-state index in [4.69, 9.17) is 11.8 Å². The Hall–Kier alpha value is 0.530. The minimum absolute atomic E-state index is 1.10. The van der Waals surface area contributed by atoms with Crippen LogP contribution >= 0.6 is 6.49 Å². The Kier molecular flexibility index (Phi) is 2.72. The molecule has 3 nitrogen and oxygen atoms in total. The molecule has 0 aromatic rings. The highest BCUT2D eigenvalue weighted by atomic mass is 32.4. The number of hydrogen-bond donors (Lipinski definition) is 0. The zero-order valence-corrected chi connectivity index (χ0v) is 9.32. The molecule has 1 fully saturated rings. The van der Waals surface area contributed by atoms with Gasteiger partial charge in [0.15, 0.2) is 0 Å². The van der Waals surface area contributed by atoms with E-state index in [0.717, 1.165) is 13.1 Å². The van der Waals surface area contributed by atoms with Crippen molar-refractivity contribution in [2.24, 2.45) is 0 Å². The smallest absolute Gasteiger partial charge is 0.144 e. The van der Waals surface area contributed by atoms with Crippen molar-refractivity contribution in [3.63, 3.8) is 0 Å². The highest BCUT2D eigenvalue weighted by Gasteiger charge is 2.35. The second-order valence-electron chi connectivity index (χ2n) is 3.12. The fraction of sp³-hybridized carbons (Fsp3) is 1.00. The molecule has 0 radical (unpaired) electrons. The number of nitrogens with zero attached hydrogens (tertiary/aromatic N) is 3. The topological polar surface area (TPSA) is 9.72 Å². The lowest BCUT2D eigenvalue weighted by Crippen LogP contribution is -2.24. The lowest BCUT2D eigenvalue weighted by molar-refractivity contribution is 0.543. The van der Waals surface area contributed by atoms with E-state index in [9.17, 15) is 0 Å². The minimum atomic E-state index is -1.49. The van der Waals surface area contributed by atoms with Crippen LogP contribution in [0.5, 0.6) is 0 Å². The molecule has 0 N–H and O–H groups in total. The molecule has 66 valence electrons. The Bertz CT molecular complexity index is 180. The van der Waals surface area contributed by atoms with Crippen LogP contribution in [0.1, 0.15) is 0 Å². The summed E-state index contributed by atoms with van der Waals surface area (Å²) < 4.78 is 6.76. The first kappa shape index (κ1) is 9.62. The molecule has 0 aromatic carbocycles. The van der Waals surface area contributed by atoms with Crippen molar-refractivity contribution in [1.82, 2.24) is 14.0 Å².